The average Bonchev–Trinajstić information content (AvgIpc) is 2.17. The number of hydrogen-bond acceptors (Lipinski definition) is 3. The van der Waals surface area contributed by atoms with E-state index in [0.29, 0.717) is 23.8 Å². The molecule has 0 bridgehead atoms. The standard InChI is InChI=1S/C10H12ClN3O/c11-7-1-2-9(8(12)5-7)14-4-3-13-10(15)6-14/h1-2,5H,3-4,6,12H2,(H,13,15). The van der Waals surface area contributed by atoms with Gasteiger partial charge in [0.15, 0.2) is 0 Å². The van der Waals surface area contributed by atoms with E-state index in [-0.39, 0.29) is 5.91 Å². The van der Waals surface area contributed by atoms with Crippen LogP contribution in [-0.4, -0.2) is 25.5 Å². The number of benzene rings is 1. The number of piperazine rings is 1. The van der Waals surface area contributed by atoms with Crippen molar-refractivity contribution in [1.82, 2.24) is 5.32 Å². The minimum Gasteiger partial charge on any atom is -0.397 e. The molecular formula is C10H12ClN3O. The maximum absolute atomic E-state index is 11.2. The van der Waals surface area contributed by atoms with E-state index in [1.165, 1.54) is 0 Å². The first-order valence-electron chi connectivity index (χ1n) is 4.73. The Morgan fingerprint density at radius 2 is 2.27 bits per heavy atom. The number of halogens is 1. The van der Waals surface area contributed by atoms with Crippen molar-refractivity contribution in [3.63, 3.8) is 0 Å². The minimum atomic E-state index is 0.0237. The Bertz CT molecular complexity index is 394. The molecule has 5 heteroatoms. The maximum atomic E-state index is 11.2. The third-order valence-electron chi connectivity index (χ3n) is 2.37. The Morgan fingerprint density at radius 1 is 1.47 bits per heavy atom. The second-order valence-electron chi connectivity index (χ2n) is 3.47. The van der Waals surface area contributed by atoms with E-state index >= 15 is 0 Å². The molecule has 80 valence electrons. The number of carbonyl (C=O) groups is 1. The number of anilines is 2. The summed E-state index contributed by atoms with van der Waals surface area (Å²) in [5.74, 6) is 0.0237. The third-order valence-corrected chi connectivity index (χ3v) is 2.60. The predicted octanol–water partition coefficient (Wildman–Crippen LogP) is 0.858. The van der Waals surface area contributed by atoms with Crippen LogP contribution in [-0.2, 0) is 4.79 Å². The zero-order valence-electron chi connectivity index (χ0n) is 8.16. The van der Waals surface area contributed by atoms with Gasteiger partial charge in [0, 0.05) is 18.1 Å². The molecule has 0 saturated carbocycles. The summed E-state index contributed by atoms with van der Waals surface area (Å²) in [5, 5.41) is 3.37. The average molecular weight is 226 g/mol. The monoisotopic (exact) mass is 225 g/mol. The first kappa shape index (κ1) is 10.1. The number of rotatable bonds is 1. The number of carbonyl (C=O) groups excluding carboxylic acids is 1. The molecule has 1 fully saturated rings. The Kier molecular flexibility index (Phi) is 2.68. The van der Waals surface area contributed by atoms with Gasteiger partial charge >= 0.3 is 0 Å². The molecule has 4 nitrogen and oxygen atoms in total. The fourth-order valence-electron chi connectivity index (χ4n) is 1.66. The van der Waals surface area contributed by atoms with Gasteiger partial charge in [-0.05, 0) is 18.2 Å². The van der Waals surface area contributed by atoms with E-state index in [0.717, 1.165) is 12.2 Å². The highest BCUT2D eigenvalue weighted by Gasteiger charge is 2.17. The molecule has 1 aliphatic heterocycles. The van der Waals surface area contributed by atoms with E-state index in [9.17, 15) is 4.79 Å². The summed E-state index contributed by atoms with van der Waals surface area (Å²) >= 11 is 5.81. The molecule has 2 rings (SSSR count). The van der Waals surface area contributed by atoms with Gasteiger partial charge in [0.1, 0.15) is 0 Å². The van der Waals surface area contributed by atoms with Gasteiger partial charge in [-0.15, -0.1) is 0 Å². The van der Waals surface area contributed by atoms with E-state index in [1.54, 1.807) is 12.1 Å². The second-order valence-corrected chi connectivity index (χ2v) is 3.91. The van der Waals surface area contributed by atoms with Crippen LogP contribution in [0.2, 0.25) is 5.02 Å². The molecule has 1 aromatic rings. The zero-order chi connectivity index (χ0) is 10.8. The summed E-state index contributed by atoms with van der Waals surface area (Å²) in [5.41, 5.74) is 7.32. The highest BCUT2D eigenvalue weighted by Crippen LogP contribution is 2.26. The fourth-order valence-corrected chi connectivity index (χ4v) is 1.84. The first-order chi connectivity index (χ1) is 7.16. The van der Waals surface area contributed by atoms with Gasteiger partial charge in [-0.3, -0.25) is 4.79 Å². The fraction of sp³-hybridized carbons (Fsp3) is 0.300. The molecule has 0 radical (unpaired) electrons. The summed E-state index contributed by atoms with van der Waals surface area (Å²) in [6, 6.07) is 5.32. The number of hydrogen-bond donors (Lipinski definition) is 2. The Hall–Kier alpha value is -1.42. The van der Waals surface area contributed by atoms with Crippen LogP contribution in [0.25, 0.3) is 0 Å². The summed E-state index contributed by atoms with van der Waals surface area (Å²) in [7, 11) is 0. The molecular weight excluding hydrogens is 214 g/mol. The van der Waals surface area contributed by atoms with Crippen molar-refractivity contribution < 1.29 is 4.79 Å². The quantitative estimate of drug-likeness (QED) is 0.697. The molecule has 1 aromatic carbocycles. The van der Waals surface area contributed by atoms with Crippen molar-refractivity contribution >= 4 is 28.9 Å². The molecule has 1 aliphatic rings. The van der Waals surface area contributed by atoms with Crippen molar-refractivity contribution in [2.75, 3.05) is 30.3 Å². The molecule has 1 amide bonds. The lowest BCUT2D eigenvalue weighted by atomic mass is 10.2. The molecule has 15 heavy (non-hydrogen) atoms. The lowest BCUT2D eigenvalue weighted by Gasteiger charge is -2.29. The molecule has 1 heterocycles. The van der Waals surface area contributed by atoms with Crippen molar-refractivity contribution in [3.8, 4) is 0 Å². The van der Waals surface area contributed by atoms with Crippen molar-refractivity contribution in [2.45, 2.75) is 0 Å². The topological polar surface area (TPSA) is 58.4 Å². The molecule has 0 atom stereocenters. The number of nitrogens with two attached hydrogens (primary N) is 1. The molecule has 3 N–H and O–H groups in total. The Balaban J connectivity index is 2.24. The summed E-state index contributed by atoms with van der Waals surface area (Å²) in [6.07, 6.45) is 0. The lowest BCUT2D eigenvalue weighted by Crippen LogP contribution is -2.47. The van der Waals surface area contributed by atoms with Crippen LogP contribution >= 0.6 is 11.6 Å². The SMILES string of the molecule is Nc1cc(Cl)ccc1N1CCNC(=O)C1. The van der Waals surface area contributed by atoms with Crippen LogP contribution in [0.1, 0.15) is 0 Å². The van der Waals surface area contributed by atoms with Gasteiger partial charge in [-0.2, -0.15) is 0 Å². The van der Waals surface area contributed by atoms with Crippen LogP contribution in [0.5, 0.6) is 0 Å². The smallest absolute Gasteiger partial charge is 0.239 e. The van der Waals surface area contributed by atoms with Gasteiger partial charge in [0.25, 0.3) is 0 Å². The molecule has 0 aromatic heterocycles. The second kappa shape index (κ2) is 3.98. The predicted molar refractivity (Wildman–Crippen MR) is 61.1 cm³/mol. The van der Waals surface area contributed by atoms with E-state index in [4.69, 9.17) is 17.3 Å². The molecule has 0 spiro atoms. The number of nitrogen functional groups attached to an aromatic ring is 1. The van der Waals surface area contributed by atoms with Gasteiger partial charge in [0.05, 0.1) is 17.9 Å². The largest absolute Gasteiger partial charge is 0.397 e. The van der Waals surface area contributed by atoms with Gasteiger partial charge in [0.2, 0.25) is 5.91 Å². The summed E-state index contributed by atoms with van der Waals surface area (Å²) < 4.78 is 0. The molecule has 0 aliphatic carbocycles. The van der Waals surface area contributed by atoms with Crippen LogP contribution in [0, 0.1) is 0 Å². The third kappa shape index (κ3) is 2.15. The van der Waals surface area contributed by atoms with Crippen molar-refractivity contribution in [3.05, 3.63) is 23.2 Å². The number of amides is 1. The lowest BCUT2D eigenvalue weighted by molar-refractivity contribution is -0.120. The first-order valence-corrected chi connectivity index (χ1v) is 5.11. The van der Waals surface area contributed by atoms with Crippen LogP contribution in [0.3, 0.4) is 0 Å². The maximum Gasteiger partial charge on any atom is 0.239 e. The minimum absolute atomic E-state index is 0.0237. The molecule has 1 saturated heterocycles. The van der Waals surface area contributed by atoms with Gasteiger partial charge in [-0.25, -0.2) is 0 Å². The van der Waals surface area contributed by atoms with E-state index in [1.807, 2.05) is 11.0 Å². The van der Waals surface area contributed by atoms with Crippen LogP contribution in [0.15, 0.2) is 18.2 Å². The van der Waals surface area contributed by atoms with Crippen LogP contribution < -0.4 is 16.0 Å². The summed E-state index contributed by atoms with van der Waals surface area (Å²) in [6.45, 7) is 1.78. The van der Waals surface area contributed by atoms with Crippen molar-refractivity contribution in [1.29, 1.82) is 0 Å². The van der Waals surface area contributed by atoms with E-state index < -0.39 is 0 Å². The summed E-state index contributed by atoms with van der Waals surface area (Å²) in [4.78, 5) is 13.2. The van der Waals surface area contributed by atoms with Crippen LogP contribution in [0.4, 0.5) is 11.4 Å². The Morgan fingerprint density at radius 3 is 2.93 bits per heavy atom. The highest BCUT2D eigenvalue weighted by molar-refractivity contribution is 6.31. The van der Waals surface area contributed by atoms with E-state index in [2.05, 4.69) is 5.32 Å². The van der Waals surface area contributed by atoms with Gasteiger partial charge in [-0.1, -0.05) is 11.6 Å². The number of nitrogens with zero attached hydrogens (tertiary/aromatic N) is 1. The molecule has 0 unspecified atom stereocenters. The van der Waals surface area contributed by atoms with Gasteiger partial charge < -0.3 is 16.0 Å². The number of nitrogens with one attached hydrogen (secondary N) is 1. The normalized spacial score (nSPS) is 16.3. The van der Waals surface area contributed by atoms with Crippen molar-refractivity contribution in [2.24, 2.45) is 0 Å². The zero-order valence-corrected chi connectivity index (χ0v) is 8.92. The Labute approximate surface area is 93.0 Å². The highest BCUT2D eigenvalue weighted by atomic mass is 35.5.